The molecular formula is C22H39IN4O2. The van der Waals surface area contributed by atoms with Crippen LogP contribution in [0, 0.1) is 12.8 Å². The molecule has 0 aliphatic carbocycles. The lowest BCUT2D eigenvalue weighted by molar-refractivity contribution is 0.145. The lowest BCUT2D eigenvalue weighted by atomic mass is 10.1. The molecule has 0 saturated carbocycles. The van der Waals surface area contributed by atoms with E-state index in [0.717, 1.165) is 30.4 Å². The minimum Gasteiger partial charge on any atom is -0.491 e. The highest BCUT2D eigenvalue weighted by molar-refractivity contribution is 14.0. The number of rotatable bonds is 10. The number of hydrogen-bond donors (Lipinski definition) is 2. The molecule has 1 fully saturated rings. The van der Waals surface area contributed by atoms with Crippen molar-refractivity contribution in [3.05, 3.63) is 29.3 Å². The third-order valence-corrected chi connectivity index (χ3v) is 5.07. The molecule has 7 heteroatoms. The van der Waals surface area contributed by atoms with Gasteiger partial charge in [0.25, 0.3) is 0 Å². The summed E-state index contributed by atoms with van der Waals surface area (Å²) in [4.78, 5) is 6.95. The summed E-state index contributed by atoms with van der Waals surface area (Å²) < 4.78 is 11.0. The van der Waals surface area contributed by atoms with Gasteiger partial charge in [0, 0.05) is 39.4 Å². The van der Waals surface area contributed by atoms with Crippen molar-refractivity contribution in [1.29, 1.82) is 0 Å². The number of benzene rings is 1. The number of methoxy groups -OCH3 is 1. The van der Waals surface area contributed by atoms with Gasteiger partial charge in [-0.1, -0.05) is 25.5 Å². The Morgan fingerprint density at radius 2 is 1.93 bits per heavy atom. The minimum absolute atomic E-state index is 0. The molecule has 166 valence electrons. The first-order valence-corrected chi connectivity index (χ1v) is 10.5. The van der Waals surface area contributed by atoms with E-state index in [1.54, 1.807) is 7.11 Å². The van der Waals surface area contributed by atoms with E-state index in [2.05, 4.69) is 52.6 Å². The lowest BCUT2D eigenvalue weighted by Crippen LogP contribution is -2.42. The van der Waals surface area contributed by atoms with E-state index in [-0.39, 0.29) is 24.0 Å². The fourth-order valence-electron chi connectivity index (χ4n) is 3.49. The molecule has 0 spiro atoms. The van der Waals surface area contributed by atoms with E-state index < -0.39 is 0 Å². The standard InChI is InChI=1S/C22H38N4O2.HI/c1-18-8-9-20(21(14-18)28-13-12-27-4)16-25-22(23-3)24-15-19(2)17-26-10-6-5-7-11-26;/h8-9,14,19H,5-7,10-13,15-17H2,1-4H3,(H2,23,24,25);1H. The normalized spacial score (nSPS) is 16.1. The Balaban J connectivity index is 0.00000420. The smallest absolute Gasteiger partial charge is 0.191 e. The van der Waals surface area contributed by atoms with Gasteiger partial charge in [0.1, 0.15) is 12.4 Å². The molecule has 1 atom stereocenters. The molecule has 2 N–H and O–H groups in total. The highest BCUT2D eigenvalue weighted by Gasteiger charge is 2.14. The van der Waals surface area contributed by atoms with E-state index in [9.17, 15) is 0 Å². The van der Waals surface area contributed by atoms with Crippen LogP contribution in [-0.4, -0.2) is 64.4 Å². The van der Waals surface area contributed by atoms with Crippen LogP contribution >= 0.6 is 24.0 Å². The molecule has 0 aromatic heterocycles. The van der Waals surface area contributed by atoms with Gasteiger partial charge in [-0.05, 0) is 50.4 Å². The zero-order valence-electron chi connectivity index (χ0n) is 18.5. The molecule has 1 heterocycles. The summed E-state index contributed by atoms with van der Waals surface area (Å²) in [6.07, 6.45) is 4.07. The zero-order chi connectivity index (χ0) is 20.2. The van der Waals surface area contributed by atoms with Crippen molar-refractivity contribution in [1.82, 2.24) is 15.5 Å². The molecule has 29 heavy (non-hydrogen) atoms. The number of ether oxygens (including phenoxy) is 2. The molecule has 0 bridgehead atoms. The van der Waals surface area contributed by atoms with Gasteiger partial charge in [0.15, 0.2) is 5.96 Å². The van der Waals surface area contributed by atoms with Crippen molar-refractivity contribution in [3.8, 4) is 5.75 Å². The van der Waals surface area contributed by atoms with Crippen LogP contribution in [0.25, 0.3) is 0 Å². The maximum Gasteiger partial charge on any atom is 0.191 e. The Hall–Kier alpha value is -1.06. The zero-order valence-corrected chi connectivity index (χ0v) is 20.8. The topological polar surface area (TPSA) is 58.1 Å². The van der Waals surface area contributed by atoms with Crippen LogP contribution < -0.4 is 15.4 Å². The molecule has 1 aliphatic heterocycles. The highest BCUT2D eigenvalue weighted by Crippen LogP contribution is 2.20. The van der Waals surface area contributed by atoms with Crippen molar-refractivity contribution in [2.24, 2.45) is 10.9 Å². The average Bonchev–Trinajstić information content (AvgIpc) is 2.70. The molecule has 6 nitrogen and oxygen atoms in total. The van der Waals surface area contributed by atoms with Crippen LogP contribution in [0.1, 0.15) is 37.3 Å². The van der Waals surface area contributed by atoms with Crippen LogP contribution in [0.5, 0.6) is 5.75 Å². The number of aliphatic imine (C=N–C) groups is 1. The number of nitrogens with zero attached hydrogens (tertiary/aromatic N) is 2. The first-order chi connectivity index (χ1) is 13.6. The van der Waals surface area contributed by atoms with Gasteiger partial charge >= 0.3 is 0 Å². The van der Waals surface area contributed by atoms with Gasteiger partial charge in [-0.15, -0.1) is 24.0 Å². The van der Waals surface area contributed by atoms with Gasteiger partial charge in [0.2, 0.25) is 0 Å². The predicted molar refractivity (Wildman–Crippen MR) is 132 cm³/mol. The number of aryl methyl sites for hydroxylation is 1. The van der Waals surface area contributed by atoms with Gasteiger partial charge in [-0.3, -0.25) is 4.99 Å². The molecule has 2 rings (SSSR count). The lowest BCUT2D eigenvalue weighted by Gasteiger charge is -2.29. The second kappa shape index (κ2) is 14.8. The van der Waals surface area contributed by atoms with Gasteiger partial charge in [-0.25, -0.2) is 0 Å². The second-order valence-electron chi connectivity index (χ2n) is 7.73. The molecule has 1 aromatic carbocycles. The summed E-state index contributed by atoms with van der Waals surface area (Å²) in [5, 5.41) is 6.87. The Morgan fingerprint density at radius 1 is 1.17 bits per heavy atom. The summed E-state index contributed by atoms with van der Waals surface area (Å²) in [5.74, 6) is 2.32. The molecule has 1 aromatic rings. The van der Waals surface area contributed by atoms with E-state index >= 15 is 0 Å². The number of likely N-dealkylation sites (tertiary alicyclic amines) is 1. The largest absolute Gasteiger partial charge is 0.491 e. The average molecular weight is 518 g/mol. The van der Waals surface area contributed by atoms with Crippen LogP contribution in [-0.2, 0) is 11.3 Å². The molecule has 0 radical (unpaired) electrons. The van der Waals surface area contributed by atoms with Crippen LogP contribution in [0.4, 0.5) is 0 Å². The maximum atomic E-state index is 5.88. The van der Waals surface area contributed by atoms with Crippen LogP contribution in [0.15, 0.2) is 23.2 Å². The molecular weight excluding hydrogens is 479 g/mol. The number of halogens is 1. The third-order valence-electron chi connectivity index (χ3n) is 5.07. The number of piperidine rings is 1. The summed E-state index contributed by atoms with van der Waals surface area (Å²) in [6, 6.07) is 6.29. The molecule has 1 saturated heterocycles. The highest BCUT2D eigenvalue weighted by atomic mass is 127. The van der Waals surface area contributed by atoms with Crippen molar-refractivity contribution >= 4 is 29.9 Å². The number of nitrogens with one attached hydrogen (secondary N) is 2. The van der Waals surface area contributed by atoms with E-state index in [4.69, 9.17) is 9.47 Å². The number of hydrogen-bond acceptors (Lipinski definition) is 4. The van der Waals surface area contributed by atoms with E-state index in [1.165, 1.54) is 37.9 Å². The fraction of sp³-hybridized carbons (Fsp3) is 0.682. The van der Waals surface area contributed by atoms with Gasteiger partial charge < -0.3 is 25.0 Å². The quantitative estimate of drug-likeness (QED) is 0.215. The summed E-state index contributed by atoms with van der Waals surface area (Å²) in [6.45, 7) is 10.7. The molecule has 0 amide bonds. The Morgan fingerprint density at radius 3 is 2.62 bits per heavy atom. The van der Waals surface area contributed by atoms with Crippen molar-refractivity contribution in [2.75, 3.05) is 53.6 Å². The third kappa shape index (κ3) is 10.00. The summed E-state index contributed by atoms with van der Waals surface area (Å²) >= 11 is 0. The maximum absolute atomic E-state index is 5.88. The summed E-state index contributed by atoms with van der Waals surface area (Å²) in [7, 11) is 3.50. The fourth-order valence-corrected chi connectivity index (χ4v) is 3.49. The Labute approximate surface area is 193 Å². The second-order valence-corrected chi connectivity index (χ2v) is 7.73. The molecule has 1 aliphatic rings. The van der Waals surface area contributed by atoms with Crippen LogP contribution in [0.3, 0.4) is 0 Å². The van der Waals surface area contributed by atoms with Crippen molar-refractivity contribution < 1.29 is 9.47 Å². The first-order valence-electron chi connectivity index (χ1n) is 10.5. The monoisotopic (exact) mass is 518 g/mol. The predicted octanol–water partition coefficient (Wildman–Crippen LogP) is 3.43. The SMILES string of the molecule is CN=C(NCc1ccc(C)cc1OCCOC)NCC(C)CN1CCCCC1.I. The van der Waals surface area contributed by atoms with Crippen LogP contribution in [0.2, 0.25) is 0 Å². The Bertz CT molecular complexity index is 606. The number of guanidine groups is 1. The van der Waals surface area contributed by atoms with E-state index in [1.807, 2.05) is 7.05 Å². The van der Waals surface area contributed by atoms with Crippen molar-refractivity contribution in [3.63, 3.8) is 0 Å². The van der Waals surface area contributed by atoms with E-state index in [0.29, 0.717) is 25.7 Å². The Kier molecular flexibility index (Phi) is 13.3. The summed E-state index contributed by atoms with van der Waals surface area (Å²) in [5.41, 5.74) is 2.30. The van der Waals surface area contributed by atoms with Crippen molar-refractivity contribution in [2.45, 2.75) is 39.7 Å². The first kappa shape index (κ1) is 26.0. The minimum atomic E-state index is 0. The molecule has 1 unspecified atom stereocenters. The van der Waals surface area contributed by atoms with Gasteiger partial charge in [-0.2, -0.15) is 0 Å². The van der Waals surface area contributed by atoms with Gasteiger partial charge in [0.05, 0.1) is 6.61 Å².